The highest BCUT2D eigenvalue weighted by atomic mass is 32.3. The van der Waals surface area contributed by atoms with Crippen molar-refractivity contribution in [2.75, 3.05) is 6.54 Å². The second kappa shape index (κ2) is 6.17. The van der Waals surface area contributed by atoms with E-state index in [9.17, 15) is 21.6 Å². The Bertz CT molecular complexity index is 897. The van der Waals surface area contributed by atoms with Crippen LogP contribution in [0.3, 0.4) is 0 Å². The first-order valence-corrected chi connectivity index (χ1v) is 10.6. The molecular weight excluding hydrogens is 398 g/mol. The highest BCUT2D eigenvalue weighted by molar-refractivity contribution is 7.92. The van der Waals surface area contributed by atoms with Crippen LogP contribution in [0.25, 0.3) is 0 Å². The lowest BCUT2D eigenvalue weighted by Gasteiger charge is -2.30. The number of piperidine rings is 1. The quantitative estimate of drug-likeness (QED) is 0.327. The Morgan fingerprint density at radius 2 is 2.12 bits per heavy atom. The third-order valence-corrected chi connectivity index (χ3v) is 6.73. The molecule has 2 unspecified atom stereocenters. The Hall–Kier alpha value is -1.81. The summed E-state index contributed by atoms with van der Waals surface area (Å²) >= 11 is 0.879. The molecule has 2 atom stereocenters. The predicted molar refractivity (Wildman–Crippen MR) is 83.5 cm³/mol. The fourth-order valence-corrected chi connectivity index (χ4v) is 4.95. The normalized spacial score (nSPS) is 23.8. The van der Waals surface area contributed by atoms with Crippen molar-refractivity contribution in [2.45, 2.75) is 29.1 Å². The van der Waals surface area contributed by atoms with Crippen molar-refractivity contribution >= 4 is 43.6 Å². The van der Waals surface area contributed by atoms with Crippen molar-refractivity contribution in [3.8, 4) is 0 Å². The molecule has 2 fully saturated rings. The van der Waals surface area contributed by atoms with Crippen molar-refractivity contribution in [1.82, 2.24) is 19.7 Å². The number of nitrogens with zero attached hydrogens (tertiary/aromatic N) is 3. The number of hydrogen-bond donors (Lipinski definition) is 3. The van der Waals surface area contributed by atoms with Crippen molar-refractivity contribution < 1.29 is 30.5 Å². The molecule has 0 aromatic carbocycles. The van der Waals surface area contributed by atoms with Gasteiger partial charge in [0.05, 0.1) is 23.8 Å². The largest absolute Gasteiger partial charge is 0.418 e. The van der Waals surface area contributed by atoms with Crippen LogP contribution >= 0.6 is 11.3 Å². The van der Waals surface area contributed by atoms with Crippen LogP contribution in [0, 0.1) is 5.41 Å². The van der Waals surface area contributed by atoms with E-state index in [0.717, 1.165) is 22.4 Å². The second-order valence-corrected chi connectivity index (χ2v) is 9.15. The number of carbonyl (C=O) groups excluding carboxylic acids is 1. The van der Waals surface area contributed by atoms with E-state index in [-0.39, 0.29) is 23.6 Å². The van der Waals surface area contributed by atoms with Gasteiger partial charge in [-0.3, -0.25) is 19.7 Å². The van der Waals surface area contributed by atoms with Gasteiger partial charge in [-0.25, -0.2) is 13.2 Å². The van der Waals surface area contributed by atoms with Crippen molar-refractivity contribution in [2.24, 2.45) is 0 Å². The molecule has 2 aliphatic rings. The lowest BCUT2D eigenvalue weighted by Crippen LogP contribution is -2.50. The first-order valence-electron chi connectivity index (χ1n) is 6.85. The second-order valence-electron chi connectivity index (χ2n) is 5.35. The van der Waals surface area contributed by atoms with E-state index in [2.05, 4.69) is 14.0 Å². The standard InChI is InChI=1S/C10H13N5O7S3/c11-9(13-24(17,18)8-3-12-5-23-8)7-2-1-6-4-14(7)10(16)15(6)22-25(19,20)21/h3,5-7H,1-2,4H2,(H2,11,13)(H,19,20,21). The number of carbonyl (C=O) groups is 1. The monoisotopic (exact) mass is 411 g/mol. The number of hydrogen-bond acceptors (Lipinski definition) is 9. The van der Waals surface area contributed by atoms with E-state index in [4.69, 9.17) is 9.96 Å². The van der Waals surface area contributed by atoms with Gasteiger partial charge in [0.1, 0.15) is 5.84 Å². The first kappa shape index (κ1) is 18.0. The number of hydroxylamine groups is 2. The first-order chi connectivity index (χ1) is 11.6. The van der Waals surface area contributed by atoms with Crippen molar-refractivity contribution in [1.29, 1.82) is 5.41 Å². The Kier molecular flexibility index (Phi) is 4.44. The molecule has 138 valence electrons. The van der Waals surface area contributed by atoms with Gasteiger partial charge in [-0.15, -0.1) is 15.6 Å². The molecule has 25 heavy (non-hydrogen) atoms. The van der Waals surface area contributed by atoms with E-state index in [1.54, 1.807) is 0 Å². The highest BCUT2D eigenvalue weighted by Gasteiger charge is 2.48. The number of rotatable bonds is 5. The molecule has 12 nitrogen and oxygen atoms in total. The number of amidine groups is 1. The molecular formula is C10H13N5O7S3. The summed E-state index contributed by atoms with van der Waals surface area (Å²) in [6.45, 7) is 0.0453. The molecule has 1 aromatic rings. The van der Waals surface area contributed by atoms with Crippen LogP contribution in [-0.4, -0.2) is 66.8 Å². The van der Waals surface area contributed by atoms with Crippen LogP contribution in [0.5, 0.6) is 0 Å². The molecule has 2 aliphatic heterocycles. The zero-order chi connectivity index (χ0) is 18.4. The smallest absolute Gasteiger partial charge is 0.310 e. The fraction of sp³-hybridized carbons (Fsp3) is 0.500. The lowest BCUT2D eigenvalue weighted by molar-refractivity contribution is -0.0316. The third-order valence-electron chi connectivity index (χ3n) is 3.75. The average Bonchev–Trinajstić information content (AvgIpc) is 3.11. The van der Waals surface area contributed by atoms with Crippen LogP contribution in [0.2, 0.25) is 0 Å². The van der Waals surface area contributed by atoms with Crippen LogP contribution in [-0.2, 0) is 24.7 Å². The maximum absolute atomic E-state index is 12.2. The fourth-order valence-electron chi connectivity index (χ4n) is 2.73. The Labute approximate surface area is 146 Å². The van der Waals surface area contributed by atoms with Crippen molar-refractivity contribution in [3.63, 3.8) is 0 Å². The van der Waals surface area contributed by atoms with Gasteiger partial charge in [-0.2, -0.15) is 13.5 Å². The topological polar surface area (TPSA) is 170 Å². The Balaban J connectivity index is 1.75. The molecule has 0 saturated carbocycles. The minimum absolute atomic E-state index is 0.0453. The molecule has 15 heteroatoms. The van der Waals surface area contributed by atoms with Crippen LogP contribution in [0.1, 0.15) is 12.8 Å². The SMILES string of the molecule is N=C(NS(=O)(=O)c1cncs1)C1CCC2CN1C(=O)N2OS(=O)(=O)O. The van der Waals surface area contributed by atoms with Gasteiger partial charge in [0, 0.05) is 6.54 Å². The maximum atomic E-state index is 12.2. The molecule has 2 amide bonds. The summed E-state index contributed by atoms with van der Waals surface area (Å²) in [5, 5.41) is 8.53. The van der Waals surface area contributed by atoms with Gasteiger partial charge in [0.25, 0.3) is 10.0 Å². The molecule has 3 heterocycles. The average molecular weight is 411 g/mol. The van der Waals surface area contributed by atoms with E-state index in [1.165, 1.54) is 5.51 Å². The number of sulfonamides is 1. The summed E-state index contributed by atoms with van der Waals surface area (Å²) in [5.74, 6) is -0.422. The molecule has 2 saturated heterocycles. The summed E-state index contributed by atoms with van der Waals surface area (Å²) in [7, 11) is -8.85. The number of aromatic nitrogens is 1. The molecule has 1 aromatic heterocycles. The van der Waals surface area contributed by atoms with Crippen LogP contribution in [0.15, 0.2) is 15.9 Å². The molecule has 0 aliphatic carbocycles. The summed E-state index contributed by atoms with van der Waals surface area (Å²) < 4.78 is 61.0. The molecule has 0 spiro atoms. The third kappa shape index (κ3) is 3.59. The maximum Gasteiger partial charge on any atom is 0.418 e. The van der Waals surface area contributed by atoms with E-state index >= 15 is 0 Å². The van der Waals surface area contributed by atoms with Gasteiger partial charge in [-0.1, -0.05) is 0 Å². The van der Waals surface area contributed by atoms with Gasteiger partial charge >= 0.3 is 16.4 Å². The zero-order valence-corrected chi connectivity index (χ0v) is 14.8. The van der Waals surface area contributed by atoms with Crippen LogP contribution < -0.4 is 4.72 Å². The zero-order valence-electron chi connectivity index (χ0n) is 12.4. The minimum atomic E-state index is -4.87. The lowest BCUT2D eigenvalue weighted by atomic mass is 10.0. The number of amides is 2. The Morgan fingerprint density at radius 3 is 2.72 bits per heavy atom. The Morgan fingerprint density at radius 1 is 1.40 bits per heavy atom. The van der Waals surface area contributed by atoms with Crippen LogP contribution in [0.4, 0.5) is 4.79 Å². The van der Waals surface area contributed by atoms with E-state index in [1.807, 2.05) is 0 Å². The van der Waals surface area contributed by atoms with Gasteiger partial charge < -0.3 is 4.90 Å². The number of fused-ring (bicyclic) bond motifs is 2. The number of thiazole rings is 1. The summed E-state index contributed by atoms with van der Waals surface area (Å²) in [5.41, 5.74) is 1.33. The van der Waals surface area contributed by atoms with Gasteiger partial charge in [0.15, 0.2) is 4.21 Å². The molecule has 0 radical (unpaired) electrons. The van der Waals surface area contributed by atoms with Gasteiger partial charge in [-0.05, 0) is 12.8 Å². The van der Waals surface area contributed by atoms with E-state index in [0.29, 0.717) is 5.06 Å². The van der Waals surface area contributed by atoms with Crippen molar-refractivity contribution in [3.05, 3.63) is 11.7 Å². The number of nitrogens with one attached hydrogen (secondary N) is 2. The number of urea groups is 1. The minimum Gasteiger partial charge on any atom is -0.310 e. The summed E-state index contributed by atoms with van der Waals surface area (Å²) in [6.07, 6.45) is 1.64. The predicted octanol–water partition coefficient (Wildman–Crippen LogP) is -0.598. The molecule has 3 N–H and O–H groups in total. The summed E-state index contributed by atoms with van der Waals surface area (Å²) in [6, 6.07) is -2.37. The molecule has 2 bridgehead atoms. The summed E-state index contributed by atoms with van der Waals surface area (Å²) in [4.78, 5) is 17.0. The van der Waals surface area contributed by atoms with E-state index < -0.39 is 44.4 Å². The highest BCUT2D eigenvalue weighted by Crippen LogP contribution is 2.31. The molecule has 3 rings (SSSR count). The van der Waals surface area contributed by atoms with Gasteiger partial charge in [0.2, 0.25) is 0 Å².